The van der Waals surface area contributed by atoms with E-state index < -0.39 is 0 Å². The summed E-state index contributed by atoms with van der Waals surface area (Å²) in [5.41, 5.74) is 6.13. The van der Waals surface area contributed by atoms with Crippen molar-refractivity contribution in [1.82, 2.24) is 4.90 Å². The third-order valence-corrected chi connectivity index (χ3v) is 3.82. The molecule has 0 amide bonds. The lowest BCUT2D eigenvalue weighted by molar-refractivity contribution is -0.00429. The van der Waals surface area contributed by atoms with Crippen molar-refractivity contribution in [3.05, 3.63) is 0 Å². The van der Waals surface area contributed by atoms with Crippen molar-refractivity contribution in [2.45, 2.75) is 31.4 Å². The monoisotopic (exact) mass is 228 g/mol. The topological polar surface area (TPSA) is 47.7 Å². The molecule has 2 saturated heterocycles. The first-order valence-corrected chi connectivity index (χ1v) is 6.38. The predicted octanol–water partition coefficient (Wildman–Crippen LogP) is 0.461. The van der Waals surface area contributed by atoms with Crippen molar-refractivity contribution in [2.75, 3.05) is 40.0 Å². The van der Waals surface area contributed by atoms with Crippen molar-refractivity contribution in [2.24, 2.45) is 11.7 Å². The highest BCUT2D eigenvalue weighted by Gasteiger charge is 2.27. The van der Waals surface area contributed by atoms with E-state index in [1.165, 1.54) is 19.4 Å². The van der Waals surface area contributed by atoms with Crippen molar-refractivity contribution in [3.8, 4) is 0 Å². The van der Waals surface area contributed by atoms with Crippen LogP contribution in [0.3, 0.4) is 0 Å². The Morgan fingerprint density at radius 1 is 1.44 bits per heavy atom. The van der Waals surface area contributed by atoms with E-state index in [1.807, 2.05) is 7.11 Å². The molecule has 2 rings (SSSR count). The zero-order valence-electron chi connectivity index (χ0n) is 10.2. The van der Waals surface area contributed by atoms with Crippen LogP contribution in [-0.4, -0.2) is 57.0 Å². The Hall–Kier alpha value is -0.160. The van der Waals surface area contributed by atoms with E-state index >= 15 is 0 Å². The van der Waals surface area contributed by atoms with Crippen molar-refractivity contribution < 1.29 is 9.47 Å². The molecule has 0 saturated carbocycles. The van der Waals surface area contributed by atoms with Crippen molar-refractivity contribution in [1.29, 1.82) is 0 Å². The highest BCUT2D eigenvalue weighted by atomic mass is 16.5. The van der Waals surface area contributed by atoms with Gasteiger partial charge in [0, 0.05) is 38.8 Å². The van der Waals surface area contributed by atoms with Gasteiger partial charge in [-0.15, -0.1) is 0 Å². The van der Waals surface area contributed by atoms with Crippen LogP contribution in [0.2, 0.25) is 0 Å². The summed E-state index contributed by atoms with van der Waals surface area (Å²) in [6, 6.07) is 0.316. The normalized spacial score (nSPS) is 37.5. The van der Waals surface area contributed by atoms with Gasteiger partial charge in [-0.25, -0.2) is 0 Å². The number of hydrogen-bond donors (Lipinski definition) is 1. The molecule has 2 heterocycles. The van der Waals surface area contributed by atoms with Crippen LogP contribution in [0.4, 0.5) is 0 Å². The van der Waals surface area contributed by atoms with Crippen molar-refractivity contribution in [3.63, 3.8) is 0 Å². The molecule has 0 bridgehead atoms. The summed E-state index contributed by atoms with van der Waals surface area (Å²) in [6.07, 6.45) is 3.85. The summed E-state index contributed by atoms with van der Waals surface area (Å²) in [7, 11) is 1.81. The Balaban J connectivity index is 1.79. The van der Waals surface area contributed by atoms with Gasteiger partial charge in [0.2, 0.25) is 0 Å². The van der Waals surface area contributed by atoms with Gasteiger partial charge in [-0.3, -0.25) is 0 Å². The Morgan fingerprint density at radius 2 is 2.31 bits per heavy atom. The van der Waals surface area contributed by atoms with E-state index in [2.05, 4.69) is 4.90 Å². The lowest BCUT2D eigenvalue weighted by atomic mass is 9.95. The summed E-state index contributed by atoms with van der Waals surface area (Å²) in [4.78, 5) is 2.48. The molecule has 4 heteroatoms. The minimum absolute atomic E-state index is 0.316. The van der Waals surface area contributed by atoms with E-state index in [0.29, 0.717) is 18.1 Å². The highest BCUT2D eigenvalue weighted by molar-refractivity contribution is 4.82. The van der Waals surface area contributed by atoms with Crippen LogP contribution in [0.25, 0.3) is 0 Å². The SMILES string of the molecule is COC1CCCN(CC2COCCC2N)C1. The molecule has 16 heavy (non-hydrogen) atoms. The smallest absolute Gasteiger partial charge is 0.0698 e. The quantitative estimate of drug-likeness (QED) is 0.762. The van der Waals surface area contributed by atoms with E-state index in [9.17, 15) is 0 Å². The Labute approximate surface area is 98.1 Å². The number of hydrogen-bond acceptors (Lipinski definition) is 4. The van der Waals surface area contributed by atoms with Crippen LogP contribution in [0.5, 0.6) is 0 Å². The molecular weight excluding hydrogens is 204 g/mol. The highest BCUT2D eigenvalue weighted by Crippen LogP contribution is 2.18. The summed E-state index contributed by atoms with van der Waals surface area (Å²) in [5, 5.41) is 0. The van der Waals surface area contributed by atoms with Gasteiger partial charge < -0.3 is 20.1 Å². The second-order valence-electron chi connectivity index (χ2n) is 5.05. The van der Waals surface area contributed by atoms with Crippen LogP contribution < -0.4 is 5.73 Å². The number of rotatable bonds is 3. The number of nitrogens with zero attached hydrogens (tertiary/aromatic N) is 1. The van der Waals surface area contributed by atoms with Crippen LogP contribution in [0.15, 0.2) is 0 Å². The van der Waals surface area contributed by atoms with E-state index in [4.69, 9.17) is 15.2 Å². The molecule has 2 N–H and O–H groups in total. The molecule has 0 aliphatic carbocycles. The lowest BCUT2D eigenvalue weighted by Crippen LogP contribution is -2.48. The molecule has 3 atom stereocenters. The number of methoxy groups -OCH3 is 1. The summed E-state index contributed by atoms with van der Waals surface area (Å²) < 4.78 is 10.9. The predicted molar refractivity (Wildman–Crippen MR) is 63.4 cm³/mol. The minimum Gasteiger partial charge on any atom is -0.381 e. The maximum atomic E-state index is 6.13. The van der Waals surface area contributed by atoms with Gasteiger partial charge in [-0.2, -0.15) is 0 Å². The van der Waals surface area contributed by atoms with Gasteiger partial charge >= 0.3 is 0 Å². The molecule has 0 spiro atoms. The number of nitrogens with two attached hydrogens (primary N) is 1. The molecule has 0 aromatic rings. The largest absolute Gasteiger partial charge is 0.381 e. The zero-order valence-corrected chi connectivity index (χ0v) is 10.2. The molecular formula is C12H24N2O2. The second kappa shape index (κ2) is 5.96. The fourth-order valence-corrected chi connectivity index (χ4v) is 2.70. The van der Waals surface area contributed by atoms with Gasteiger partial charge in [0.1, 0.15) is 0 Å². The maximum absolute atomic E-state index is 6.13. The van der Waals surface area contributed by atoms with Gasteiger partial charge in [0.15, 0.2) is 0 Å². The fourth-order valence-electron chi connectivity index (χ4n) is 2.70. The first kappa shape index (κ1) is 12.3. The van der Waals surface area contributed by atoms with Gasteiger partial charge in [-0.1, -0.05) is 0 Å². The number of piperidine rings is 1. The minimum atomic E-state index is 0.316. The first-order chi connectivity index (χ1) is 7.79. The standard InChI is InChI=1S/C12H24N2O2/c1-15-11-3-2-5-14(8-11)7-10-9-16-6-4-12(10)13/h10-12H,2-9,13H2,1H3. The van der Waals surface area contributed by atoms with Gasteiger partial charge in [0.25, 0.3) is 0 Å². The van der Waals surface area contributed by atoms with Crippen LogP contribution in [-0.2, 0) is 9.47 Å². The molecule has 0 radical (unpaired) electrons. The van der Waals surface area contributed by atoms with E-state index in [-0.39, 0.29) is 0 Å². The molecule has 2 aliphatic rings. The Bertz CT molecular complexity index is 213. The Morgan fingerprint density at radius 3 is 3.06 bits per heavy atom. The summed E-state index contributed by atoms with van der Waals surface area (Å²) >= 11 is 0. The lowest BCUT2D eigenvalue weighted by Gasteiger charge is -2.37. The zero-order chi connectivity index (χ0) is 11.4. The molecule has 4 nitrogen and oxygen atoms in total. The molecule has 2 aliphatic heterocycles. The summed E-state index contributed by atoms with van der Waals surface area (Å²) in [6.45, 7) is 4.97. The Kier molecular flexibility index (Phi) is 4.58. The first-order valence-electron chi connectivity index (χ1n) is 6.38. The van der Waals surface area contributed by atoms with Crippen LogP contribution >= 0.6 is 0 Å². The van der Waals surface area contributed by atoms with Crippen LogP contribution in [0.1, 0.15) is 19.3 Å². The average Bonchev–Trinajstić information content (AvgIpc) is 2.32. The van der Waals surface area contributed by atoms with Gasteiger partial charge in [0.05, 0.1) is 12.7 Å². The molecule has 0 aromatic carbocycles. The second-order valence-corrected chi connectivity index (χ2v) is 5.05. The summed E-state index contributed by atoms with van der Waals surface area (Å²) in [5.74, 6) is 0.504. The van der Waals surface area contributed by atoms with E-state index in [1.54, 1.807) is 0 Å². The molecule has 0 aromatic heterocycles. The van der Waals surface area contributed by atoms with E-state index in [0.717, 1.165) is 32.7 Å². The third kappa shape index (κ3) is 3.17. The average molecular weight is 228 g/mol. The number of likely N-dealkylation sites (tertiary alicyclic amines) is 1. The van der Waals surface area contributed by atoms with Crippen LogP contribution in [0, 0.1) is 5.92 Å². The van der Waals surface area contributed by atoms with Crippen molar-refractivity contribution >= 4 is 0 Å². The maximum Gasteiger partial charge on any atom is 0.0698 e. The fraction of sp³-hybridized carbons (Fsp3) is 1.00. The molecule has 94 valence electrons. The third-order valence-electron chi connectivity index (χ3n) is 3.82. The van der Waals surface area contributed by atoms with Gasteiger partial charge in [-0.05, 0) is 25.8 Å². The number of ether oxygens (including phenoxy) is 2. The molecule has 3 unspecified atom stereocenters. The molecule has 2 fully saturated rings.